The molecule has 0 saturated carbocycles. The fraction of sp³-hybridized carbons (Fsp3) is 0.217. The van der Waals surface area contributed by atoms with Crippen LogP contribution in [-0.2, 0) is 22.4 Å². The molecule has 0 aliphatic rings. The van der Waals surface area contributed by atoms with Crippen molar-refractivity contribution >= 4 is 11.8 Å². The van der Waals surface area contributed by atoms with Crippen LogP contribution in [0.4, 0.5) is 0 Å². The Morgan fingerprint density at radius 2 is 1.62 bits per heavy atom. The van der Waals surface area contributed by atoms with E-state index in [-0.39, 0.29) is 18.9 Å². The summed E-state index contributed by atoms with van der Waals surface area (Å²) in [4.78, 5) is 23.7. The van der Waals surface area contributed by atoms with E-state index in [1.165, 1.54) is 5.56 Å². The molecule has 2 amide bonds. The van der Waals surface area contributed by atoms with Crippen LogP contribution in [-0.4, -0.2) is 18.4 Å². The lowest BCUT2D eigenvalue weighted by atomic mass is 10.2. The van der Waals surface area contributed by atoms with Crippen LogP contribution in [0.15, 0.2) is 71.1 Å². The summed E-state index contributed by atoms with van der Waals surface area (Å²) >= 11 is 0. The molecule has 6 nitrogen and oxygen atoms in total. The second-order valence-corrected chi connectivity index (χ2v) is 6.51. The molecule has 0 bridgehead atoms. The van der Waals surface area contributed by atoms with Crippen molar-refractivity contribution in [3.05, 3.63) is 78.1 Å². The molecule has 0 aliphatic carbocycles. The Bertz CT molecular complexity index is 933. The molecule has 0 saturated heterocycles. The molecule has 1 aromatic heterocycles. The number of amides is 2. The number of aryl methyl sites for hydroxylation is 2. The minimum atomic E-state index is -0.428. The molecule has 1 heterocycles. The van der Waals surface area contributed by atoms with E-state index < -0.39 is 5.91 Å². The molecule has 3 rings (SSSR count). The average Bonchev–Trinajstić information content (AvgIpc) is 3.25. The van der Waals surface area contributed by atoms with Gasteiger partial charge in [0.1, 0.15) is 17.3 Å². The molecular formula is C23H24N2O4. The van der Waals surface area contributed by atoms with Gasteiger partial charge in [-0.1, -0.05) is 49.4 Å². The quantitative estimate of drug-likeness (QED) is 0.573. The van der Waals surface area contributed by atoms with Crippen molar-refractivity contribution in [2.75, 3.05) is 6.61 Å². The van der Waals surface area contributed by atoms with Gasteiger partial charge in [0.2, 0.25) is 5.91 Å². The Balaban J connectivity index is 1.36. The third kappa shape index (κ3) is 6.24. The smallest absolute Gasteiger partial charge is 0.276 e. The van der Waals surface area contributed by atoms with E-state index in [0.29, 0.717) is 17.9 Å². The van der Waals surface area contributed by atoms with E-state index >= 15 is 0 Å². The molecule has 150 valence electrons. The van der Waals surface area contributed by atoms with Gasteiger partial charge in [0, 0.05) is 18.4 Å². The van der Waals surface area contributed by atoms with Gasteiger partial charge < -0.3 is 9.15 Å². The number of hydrogen-bond acceptors (Lipinski definition) is 4. The summed E-state index contributed by atoms with van der Waals surface area (Å²) in [6.07, 6.45) is 1.58. The lowest BCUT2D eigenvalue weighted by Crippen LogP contribution is -2.43. The van der Waals surface area contributed by atoms with Gasteiger partial charge >= 0.3 is 0 Å². The second-order valence-electron chi connectivity index (χ2n) is 6.51. The lowest BCUT2D eigenvalue weighted by Gasteiger charge is -2.09. The topological polar surface area (TPSA) is 80.6 Å². The molecule has 29 heavy (non-hydrogen) atoms. The predicted molar refractivity (Wildman–Crippen MR) is 110 cm³/mol. The Hall–Kier alpha value is -3.54. The first-order chi connectivity index (χ1) is 14.1. The van der Waals surface area contributed by atoms with Crippen LogP contribution in [0.25, 0.3) is 11.3 Å². The first-order valence-electron chi connectivity index (χ1n) is 9.57. The molecule has 2 N–H and O–H groups in total. The molecule has 0 fully saturated rings. The molecule has 0 unspecified atom stereocenters. The predicted octanol–water partition coefficient (Wildman–Crippen LogP) is 3.67. The molecule has 3 aromatic rings. The third-order valence-corrected chi connectivity index (χ3v) is 4.36. The van der Waals surface area contributed by atoms with Gasteiger partial charge in [0.25, 0.3) is 5.91 Å². The summed E-state index contributed by atoms with van der Waals surface area (Å²) in [6, 6.07) is 21.0. The molecule has 0 radical (unpaired) electrons. The van der Waals surface area contributed by atoms with Crippen LogP contribution in [0.5, 0.6) is 5.75 Å². The fourth-order valence-electron chi connectivity index (χ4n) is 2.71. The summed E-state index contributed by atoms with van der Waals surface area (Å²) in [5.41, 5.74) is 6.92. The summed E-state index contributed by atoms with van der Waals surface area (Å²) < 4.78 is 11.2. The van der Waals surface area contributed by atoms with Crippen molar-refractivity contribution in [3.63, 3.8) is 0 Å². The molecule has 0 spiro atoms. The van der Waals surface area contributed by atoms with Crippen molar-refractivity contribution in [2.45, 2.75) is 26.2 Å². The maximum atomic E-state index is 11.9. The van der Waals surface area contributed by atoms with Crippen LogP contribution in [0.2, 0.25) is 0 Å². The van der Waals surface area contributed by atoms with Crippen molar-refractivity contribution in [1.29, 1.82) is 0 Å². The van der Waals surface area contributed by atoms with Crippen LogP contribution in [0.3, 0.4) is 0 Å². The number of carbonyl (C=O) groups excluding carboxylic acids is 2. The maximum Gasteiger partial charge on any atom is 0.276 e. The number of ether oxygens (including phenoxy) is 1. The molecule has 6 heteroatoms. The number of carbonyl (C=O) groups is 2. The van der Waals surface area contributed by atoms with Gasteiger partial charge in [0.15, 0.2) is 6.61 Å². The number of hydrazine groups is 1. The number of benzene rings is 2. The zero-order valence-corrected chi connectivity index (χ0v) is 16.3. The van der Waals surface area contributed by atoms with Gasteiger partial charge in [-0.25, -0.2) is 0 Å². The Kier molecular flexibility index (Phi) is 7.05. The molecular weight excluding hydrogens is 368 g/mol. The lowest BCUT2D eigenvalue weighted by molar-refractivity contribution is -0.130. The van der Waals surface area contributed by atoms with E-state index in [9.17, 15) is 9.59 Å². The highest BCUT2D eigenvalue weighted by atomic mass is 16.5. The van der Waals surface area contributed by atoms with E-state index in [1.54, 1.807) is 0 Å². The fourth-order valence-corrected chi connectivity index (χ4v) is 2.71. The Labute approximate surface area is 169 Å². The standard InChI is InChI=1S/C23H24N2O4/c1-2-17-8-10-19(11-9-17)28-16-23(27)25-24-22(26)15-13-20-12-14-21(29-20)18-6-4-3-5-7-18/h3-12,14H,2,13,15-16H2,1H3,(H,24,26)(H,25,27). The third-order valence-electron chi connectivity index (χ3n) is 4.36. The highest BCUT2D eigenvalue weighted by molar-refractivity contribution is 5.82. The highest BCUT2D eigenvalue weighted by Crippen LogP contribution is 2.22. The average molecular weight is 392 g/mol. The maximum absolute atomic E-state index is 11.9. The van der Waals surface area contributed by atoms with Crippen molar-refractivity contribution < 1.29 is 18.7 Å². The summed E-state index contributed by atoms with van der Waals surface area (Å²) in [5.74, 6) is 1.35. The molecule has 2 aromatic carbocycles. The Morgan fingerprint density at radius 1 is 0.897 bits per heavy atom. The highest BCUT2D eigenvalue weighted by Gasteiger charge is 2.09. The van der Waals surface area contributed by atoms with Crippen molar-refractivity contribution in [2.24, 2.45) is 0 Å². The van der Waals surface area contributed by atoms with Crippen molar-refractivity contribution in [3.8, 4) is 17.1 Å². The van der Waals surface area contributed by atoms with Gasteiger partial charge in [-0.05, 0) is 36.2 Å². The number of nitrogens with one attached hydrogen (secondary N) is 2. The number of rotatable bonds is 8. The van der Waals surface area contributed by atoms with Crippen LogP contribution >= 0.6 is 0 Å². The van der Waals surface area contributed by atoms with Crippen LogP contribution in [0.1, 0.15) is 24.7 Å². The Morgan fingerprint density at radius 3 is 2.34 bits per heavy atom. The first-order valence-corrected chi connectivity index (χ1v) is 9.57. The molecule has 0 atom stereocenters. The van der Waals surface area contributed by atoms with E-state index in [2.05, 4.69) is 17.8 Å². The first kappa shape index (κ1) is 20.2. The summed E-state index contributed by atoms with van der Waals surface area (Å²) in [7, 11) is 0. The summed E-state index contributed by atoms with van der Waals surface area (Å²) in [6.45, 7) is 1.89. The van der Waals surface area contributed by atoms with Gasteiger partial charge in [-0.3, -0.25) is 20.4 Å². The van der Waals surface area contributed by atoms with Crippen molar-refractivity contribution in [1.82, 2.24) is 10.9 Å². The SMILES string of the molecule is CCc1ccc(OCC(=O)NNC(=O)CCc2ccc(-c3ccccc3)o2)cc1. The normalized spacial score (nSPS) is 10.4. The van der Waals surface area contributed by atoms with Gasteiger partial charge in [-0.15, -0.1) is 0 Å². The van der Waals surface area contributed by atoms with E-state index in [0.717, 1.165) is 17.7 Å². The van der Waals surface area contributed by atoms with E-state index in [4.69, 9.17) is 9.15 Å². The molecule has 0 aliphatic heterocycles. The number of furan rings is 1. The minimum Gasteiger partial charge on any atom is -0.484 e. The number of hydrogen-bond donors (Lipinski definition) is 2. The monoisotopic (exact) mass is 392 g/mol. The van der Waals surface area contributed by atoms with Gasteiger partial charge in [-0.2, -0.15) is 0 Å². The van der Waals surface area contributed by atoms with E-state index in [1.807, 2.05) is 66.7 Å². The zero-order valence-electron chi connectivity index (χ0n) is 16.3. The summed E-state index contributed by atoms with van der Waals surface area (Å²) in [5, 5.41) is 0. The van der Waals surface area contributed by atoms with Crippen LogP contribution in [0, 0.1) is 0 Å². The second kappa shape index (κ2) is 10.1. The van der Waals surface area contributed by atoms with Crippen LogP contribution < -0.4 is 15.6 Å². The van der Waals surface area contributed by atoms with Gasteiger partial charge in [0.05, 0.1) is 0 Å². The minimum absolute atomic E-state index is 0.176. The largest absolute Gasteiger partial charge is 0.484 e. The zero-order chi connectivity index (χ0) is 20.5.